The summed E-state index contributed by atoms with van der Waals surface area (Å²) in [7, 11) is 19.7. The number of hydrogen-bond acceptors (Lipinski definition) is 9. The average Bonchev–Trinajstić information content (AvgIpc) is 1.97. The molecule has 3 N–H and O–H groups in total. The third-order valence-corrected chi connectivity index (χ3v) is 19.9. The molecule has 10 rings (SSSR count). The molecule has 476 valence electrons. The van der Waals surface area contributed by atoms with Crippen molar-refractivity contribution in [2.24, 2.45) is 23.7 Å². The molecule has 3 aromatic carbocycles. The number of phenolic OH excluding ortho intramolecular Hbond substituents is 3. The van der Waals surface area contributed by atoms with Gasteiger partial charge in [-0.05, 0) is 103 Å². The minimum atomic E-state index is -0.826. The number of rotatable bonds is 3. The second-order valence-electron chi connectivity index (χ2n) is 32.0. The maximum atomic E-state index is 11.1. The molecule has 3 aromatic rings. The molecule has 15 heteroatoms. The minimum absolute atomic E-state index is 0.0571. The molecule has 7 fully saturated rings. The Kier molecular flexibility index (Phi) is 27.2. The molecule has 6 heterocycles. The number of benzene rings is 3. The predicted octanol–water partition coefficient (Wildman–Crippen LogP) is 17.9. The molecular formula is C70H115Cl4N6O3Zr2+3. The van der Waals surface area contributed by atoms with E-state index in [9.17, 15) is 15.3 Å². The first-order chi connectivity index (χ1) is 39.1. The van der Waals surface area contributed by atoms with Gasteiger partial charge in [-0.15, -0.1) is 0 Å². The molecule has 10 atom stereocenters. The zero-order valence-electron chi connectivity index (χ0n) is 57.1. The summed E-state index contributed by atoms with van der Waals surface area (Å²) in [5.41, 5.74) is 10.6. The van der Waals surface area contributed by atoms with E-state index in [-0.39, 0.29) is 51.0 Å². The van der Waals surface area contributed by atoms with Gasteiger partial charge in [-0.25, -0.2) is 0 Å². The zero-order chi connectivity index (χ0) is 64.3. The fraction of sp³-hybridized carbons (Fsp3) is 0.729. The van der Waals surface area contributed by atoms with Crippen LogP contribution in [0.3, 0.4) is 0 Å². The van der Waals surface area contributed by atoms with Crippen LogP contribution in [-0.2, 0) is 74.2 Å². The Balaban J connectivity index is 0.000000206. The van der Waals surface area contributed by atoms with Crippen molar-refractivity contribution in [1.82, 2.24) is 29.4 Å². The summed E-state index contributed by atoms with van der Waals surface area (Å²) in [6, 6.07) is 13.4. The number of fused-ring (bicyclic) bond motifs is 6. The molecule has 1 saturated carbocycles. The molecule has 0 radical (unpaired) electrons. The van der Waals surface area contributed by atoms with Crippen molar-refractivity contribution < 1.29 is 57.0 Å². The Hall–Kier alpha value is -0.254. The van der Waals surface area contributed by atoms with Crippen LogP contribution in [0.1, 0.15) is 247 Å². The number of phenols is 3. The molecule has 6 bridgehead atoms. The van der Waals surface area contributed by atoms with Crippen LogP contribution >= 0.6 is 34.1 Å². The average molecular weight is 1410 g/mol. The van der Waals surface area contributed by atoms with Gasteiger partial charge in [0.1, 0.15) is 17.2 Å². The Labute approximate surface area is 556 Å². The van der Waals surface area contributed by atoms with Crippen molar-refractivity contribution in [3.05, 3.63) is 92.4 Å². The fourth-order valence-electron chi connectivity index (χ4n) is 13.9. The van der Waals surface area contributed by atoms with E-state index in [1.807, 2.05) is 0 Å². The summed E-state index contributed by atoms with van der Waals surface area (Å²) in [6.07, 6.45) is 4.49. The Morgan fingerprint density at radius 2 is 0.541 bits per heavy atom. The van der Waals surface area contributed by atoms with Crippen molar-refractivity contribution in [2.45, 2.75) is 229 Å². The van der Waals surface area contributed by atoms with Crippen LogP contribution in [0.2, 0.25) is 0 Å². The third kappa shape index (κ3) is 18.8. The van der Waals surface area contributed by atoms with E-state index in [1.165, 1.54) is 36.0 Å². The quantitative estimate of drug-likeness (QED) is 0.222. The van der Waals surface area contributed by atoms with Gasteiger partial charge in [0, 0.05) is 95.2 Å². The predicted molar refractivity (Wildman–Crippen MR) is 357 cm³/mol. The van der Waals surface area contributed by atoms with Gasteiger partial charge < -0.3 is 21.2 Å². The number of halogens is 4. The first kappa shape index (κ1) is 75.5. The first-order valence-electron chi connectivity index (χ1n) is 32.0. The zero-order valence-corrected chi connectivity index (χ0v) is 65.1. The fourth-order valence-corrected chi connectivity index (χ4v) is 13.9. The van der Waals surface area contributed by atoms with E-state index in [2.05, 4.69) is 225 Å². The summed E-state index contributed by atoms with van der Waals surface area (Å²) in [6.45, 7) is 65.4. The number of nitrogens with zero attached hydrogens (tertiary/aromatic N) is 6. The van der Waals surface area contributed by atoms with E-state index in [4.69, 9.17) is 34.1 Å². The van der Waals surface area contributed by atoms with Crippen molar-refractivity contribution >= 4 is 34.1 Å². The van der Waals surface area contributed by atoms with Gasteiger partial charge in [0.2, 0.25) is 0 Å². The van der Waals surface area contributed by atoms with Crippen LogP contribution in [0.15, 0.2) is 36.4 Å². The number of aromatic hydroxyl groups is 3. The van der Waals surface area contributed by atoms with Gasteiger partial charge in [0.25, 0.3) is 0 Å². The normalized spacial score (nSPS) is 29.0. The Bertz CT molecular complexity index is 2280. The van der Waals surface area contributed by atoms with Crippen LogP contribution in [0, 0.1) is 29.6 Å². The van der Waals surface area contributed by atoms with Crippen LogP contribution in [-0.4, -0.2) is 123 Å². The molecular weight excluding hydrogens is 1300 g/mol. The van der Waals surface area contributed by atoms with Crippen molar-refractivity contribution in [3.63, 3.8) is 0 Å². The van der Waals surface area contributed by atoms with Gasteiger partial charge in [0.15, 0.2) is 0 Å². The van der Waals surface area contributed by atoms with Crippen molar-refractivity contribution in [3.8, 4) is 17.2 Å². The molecule has 6 saturated heterocycles. The second kappa shape index (κ2) is 30.7. The monoisotopic (exact) mass is 1410 g/mol. The van der Waals surface area contributed by atoms with Crippen LogP contribution in [0.4, 0.5) is 0 Å². The van der Waals surface area contributed by atoms with E-state index in [0.717, 1.165) is 136 Å². The second-order valence-corrected chi connectivity index (χ2v) is 39.4. The summed E-state index contributed by atoms with van der Waals surface area (Å²) in [4.78, 5) is 15.2. The van der Waals surface area contributed by atoms with Gasteiger partial charge in [-0.2, -0.15) is 18.8 Å². The van der Waals surface area contributed by atoms with Crippen LogP contribution in [0.25, 0.3) is 0 Å². The first-order valence-corrected chi connectivity index (χ1v) is 44.6. The molecule has 0 spiro atoms. The molecule has 9 nitrogen and oxygen atoms in total. The molecule has 0 amide bonds. The van der Waals surface area contributed by atoms with E-state index in [1.54, 1.807) is 5.92 Å². The summed E-state index contributed by atoms with van der Waals surface area (Å²) in [5, 5.41) is 33.2. The summed E-state index contributed by atoms with van der Waals surface area (Å²) >= 11 is -1.65. The Morgan fingerprint density at radius 1 is 0.353 bits per heavy atom. The summed E-state index contributed by atoms with van der Waals surface area (Å²) < 4.78 is 0. The van der Waals surface area contributed by atoms with E-state index < -0.39 is 41.7 Å². The van der Waals surface area contributed by atoms with E-state index in [0.29, 0.717) is 17.2 Å². The molecule has 6 aliphatic heterocycles. The van der Waals surface area contributed by atoms with E-state index >= 15 is 0 Å². The SMILES string of the molecule is CC(C)(C)c1cc(C2N3CCCN2CC3)c(O)c(C(C)(C)C)c1.CC(C)(C)c1cc(C2N3CCCN2CC3)c(O)c(C(C)(C)C)c1.CC(C)(C)c1cc(C2N3CCCN2CC3)c(O)c(C(C)(C)C)c1.C[C-]1C(C)C(C)C(C)C1C.[Cl][Zr+2][Cl].[Cl][Zr+2][Cl]. The number of hydrogen-bond donors (Lipinski definition) is 3. The van der Waals surface area contributed by atoms with Crippen LogP contribution < -0.4 is 0 Å². The van der Waals surface area contributed by atoms with Gasteiger partial charge in [0.05, 0.1) is 18.5 Å². The van der Waals surface area contributed by atoms with Gasteiger partial charge >= 0.3 is 75.7 Å². The third-order valence-electron chi connectivity index (χ3n) is 19.9. The van der Waals surface area contributed by atoms with Crippen molar-refractivity contribution in [2.75, 3.05) is 78.5 Å². The van der Waals surface area contributed by atoms with Gasteiger partial charge in [-0.1, -0.05) is 182 Å². The maximum absolute atomic E-state index is 11.1. The molecule has 1 aliphatic carbocycles. The van der Waals surface area contributed by atoms with Gasteiger partial charge in [-0.3, -0.25) is 29.4 Å². The van der Waals surface area contributed by atoms with Crippen LogP contribution in [0.5, 0.6) is 17.2 Å². The van der Waals surface area contributed by atoms with Crippen molar-refractivity contribution in [1.29, 1.82) is 0 Å². The summed E-state index contributed by atoms with van der Waals surface area (Å²) in [5.74, 6) is 6.73. The molecule has 7 aliphatic rings. The Morgan fingerprint density at radius 3 is 0.682 bits per heavy atom. The molecule has 10 unspecified atom stereocenters. The standard InChI is InChI=1S/3C20H32N2O.C10H19.4ClH.2Zr/c3*1-19(2,3)14-12-15(17(23)16(13-14)20(4,5)6)18-21-8-7-9-22(18)11-10-21;1-6-7(2)9(4)10(5)8(6)3;;;;;;/h3*12-13,18,23H,7-11H2,1-6H3;6-9H,1-5H3;4*1H;;/q;;;-1;;;;;2*+4/p-4. The molecule has 85 heavy (non-hydrogen) atoms. The molecule has 0 aromatic heterocycles. The topological polar surface area (TPSA) is 80.1 Å².